The second-order valence-corrected chi connectivity index (χ2v) is 7.26. The first-order valence-corrected chi connectivity index (χ1v) is 8.92. The summed E-state index contributed by atoms with van der Waals surface area (Å²) in [5, 5.41) is 0. The summed E-state index contributed by atoms with van der Waals surface area (Å²) in [5.74, 6) is 0. The Kier molecular flexibility index (Phi) is 5.15. The molecule has 1 N–H and O–H groups in total. The zero-order valence-electron chi connectivity index (χ0n) is 12.0. The number of thiazole rings is 1. The summed E-state index contributed by atoms with van der Waals surface area (Å²) >= 11 is 1.04. The molecular weight excluding hydrogens is 312 g/mol. The highest BCUT2D eigenvalue weighted by Crippen LogP contribution is 2.20. The van der Waals surface area contributed by atoms with Gasteiger partial charge < -0.3 is 9.30 Å². The summed E-state index contributed by atoms with van der Waals surface area (Å²) in [5.41, 5.74) is 0.736. The molecule has 0 amide bonds. The molecule has 0 atom stereocenters. The molecule has 0 radical (unpaired) electrons. The number of aryl methyl sites for hydroxylation is 1. The third kappa shape index (κ3) is 3.70. The lowest BCUT2D eigenvalue weighted by Gasteiger charge is -2.07. The fraction of sp³-hybridized carbons (Fsp3) is 0.462. The molecule has 0 unspecified atom stereocenters. The van der Waals surface area contributed by atoms with E-state index < -0.39 is 10.0 Å². The van der Waals surface area contributed by atoms with Crippen LogP contribution in [0.15, 0.2) is 27.9 Å². The maximum Gasteiger partial charge on any atom is 0.307 e. The highest BCUT2D eigenvalue weighted by Gasteiger charge is 2.15. The normalized spacial score (nSPS) is 12.1. The standard InChI is InChI=1S/C13H18N2O4S2/c1-3-19-8-4-7-14-21(17,18)10-5-6-11-12(9-10)20-13(16)15(11)2/h5-6,9,14H,3-4,7-8H2,1-2H3. The molecule has 0 fully saturated rings. The van der Waals surface area contributed by atoms with E-state index in [2.05, 4.69) is 4.72 Å². The topological polar surface area (TPSA) is 77.4 Å². The van der Waals surface area contributed by atoms with Crippen LogP contribution in [0.25, 0.3) is 10.2 Å². The summed E-state index contributed by atoms with van der Waals surface area (Å²) < 4.78 is 34.2. The Balaban J connectivity index is 2.14. The second kappa shape index (κ2) is 6.69. The molecule has 116 valence electrons. The van der Waals surface area contributed by atoms with Gasteiger partial charge in [-0.1, -0.05) is 11.3 Å². The van der Waals surface area contributed by atoms with Gasteiger partial charge in [0.05, 0.1) is 15.1 Å². The number of nitrogens with zero attached hydrogens (tertiary/aromatic N) is 1. The summed E-state index contributed by atoms with van der Waals surface area (Å²) in [7, 11) is -1.88. The van der Waals surface area contributed by atoms with Crippen molar-refractivity contribution >= 4 is 31.6 Å². The Morgan fingerprint density at radius 1 is 1.38 bits per heavy atom. The molecule has 0 aliphatic heterocycles. The average molecular weight is 330 g/mol. The summed E-state index contributed by atoms with van der Waals surface area (Å²) in [6.45, 7) is 3.37. The molecule has 8 heteroatoms. The molecule has 6 nitrogen and oxygen atoms in total. The lowest BCUT2D eigenvalue weighted by Crippen LogP contribution is -2.25. The van der Waals surface area contributed by atoms with Gasteiger partial charge in [0.2, 0.25) is 10.0 Å². The highest BCUT2D eigenvalue weighted by molar-refractivity contribution is 7.89. The van der Waals surface area contributed by atoms with Gasteiger partial charge in [0.1, 0.15) is 0 Å². The van der Waals surface area contributed by atoms with Crippen molar-refractivity contribution in [2.24, 2.45) is 7.05 Å². The van der Waals surface area contributed by atoms with Crippen LogP contribution in [0.3, 0.4) is 0 Å². The van der Waals surface area contributed by atoms with Crippen LogP contribution in [-0.2, 0) is 21.8 Å². The van der Waals surface area contributed by atoms with Gasteiger partial charge in [-0.2, -0.15) is 0 Å². The summed E-state index contributed by atoms with van der Waals surface area (Å²) in [4.78, 5) is 11.6. The molecule has 2 aromatic rings. The monoisotopic (exact) mass is 330 g/mol. The van der Waals surface area contributed by atoms with Crippen LogP contribution in [0.2, 0.25) is 0 Å². The van der Waals surface area contributed by atoms with Crippen LogP contribution >= 0.6 is 11.3 Å². The first-order valence-electron chi connectivity index (χ1n) is 6.62. The van der Waals surface area contributed by atoms with E-state index in [0.29, 0.717) is 30.9 Å². The Labute approximate surface area is 127 Å². The van der Waals surface area contributed by atoms with Crippen LogP contribution in [0, 0.1) is 0 Å². The zero-order valence-corrected chi connectivity index (χ0v) is 13.6. The minimum absolute atomic E-state index is 0.107. The van der Waals surface area contributed by atoms with Gasteiger partial charge in [-0.15, -0.1) is 0 Å². The van der Waals surface area contributed by atoms with Crippen LogP contribution in [0.1, 0.15) is 13.3 Å². The minimum atomic E-state index is -3.55. The number of hydrogen-bond acceptors (Lipinski definition) is 5. The van der Waals surface area contributed by atoms with Gasteiger partial charge in [-0.3, -0.25) is 4.79 Å². The van der Waals surface area contributed by atoms with Crippen LogP contribution < -0.4 is 9.60 Å². The van der Waals surface area contributed by atoms with E-state index in [9.17, 15) is 13.2 Å². The van der Waals surface area contributed by atoms with Gasteiger partial charge in [0, 0.05) is 26.8 Å². The molecule has 1 aromatic carbocycles. The number of fused-ring (bicyclic) bond motifs is 1. The van der Waals surface area contributed by atoms with Gasteiger partial charge >= 0.3 is 4.87 Å². The van der Waals surface area contributed by atoms with Gasteiger partial charge in [0.15, 0.2) is 0 Å². The first kappa shape index (κ1) is 16.2. The number of aromatic nitrogens is 1. The highest BCUT2D eigenvalue weighted by atomic mass is 32.2. The molecule has 21 heavy (non-hydrogen) atoms. The van der Waals surface area contributed by atoms with Crippen LogP contribution in [0.5, 0.6) is 0 Å². The summed E-state index contributed by atoms with van der Waals surface area (Å²) in [6, 6.07) is 4.70. The van der Waals surface area contributed by atoms with E-state index in [4.69, 9.17) is 4.74 Å². The van der Waals surface area contributed by atoms with E-state index in [-0.39, 0.29) is 9.77 Å². The summed E-state index contributed by atoms with van der Waals surface area (Å²) in [6.07, 6.45) is 0.619. The molecule has 0 spiro atoms. The van der Waals surface area contributed by atoms with Gasteiger partial charge in [-0.25, -0.2) is 13.1 Å². The largest absolute Gasteiger partial charge is 0.382 e. The lowest BCUT2D eigenvalue weighted by molar-refractivity contribution is 0.146. The molecule has 1 aromatic heterocycles. The molecule has 0 bridgehead atoms. The van der Waals surface area contributed by atoms with Crippen molar-refractivity contribution in [3.8, 4) is 0 Å². The van der Waals surface area contributed by atoms with Crippen molar-refractivity contribution in [3.63, 3.8) is 0 Å². The fourth-order valence-electron chi connectivity index (χ4n) is 1.89. The smallest absolute Gasteiger partial charge is 0.307 e. The molecule has 0 saturated carbocycles. The number of benzene rings is 1. The van der Waals surface area contributed by atoms with E-state index in [1.165, 1.54) is 16.7 Å². The molecule has 0 aliphatic rings. The van der Waals surface area contributed by atoms with E-state index in [0.717, 1.165) is 16.9 Å². The van der Waals surface area contributed by atoms with E-state index in [1.54, 1.807) is 13.1 Å². The molecule has 1 heterocycles. The number of ether oxygens (including phenoxy) is 1. The second-order valence-electron chi connectivity index (χ2n) is 4.50. The fourth-order valence-corrected chi connectivity index (χ4v) is 3.98. The zero-order chi connectivity index (χ0) is 15.5. The Morgan fingerprint density at radius 2 is 2.14 bits per heavy atom. The van der Waals surface area contributed by atoms with Crippen LogP contribution in [-0.4, -0.2) is 32.7 Å². The Bertz CT molecular complexity index is 777. The molecule has 0 aliphatic carbocycles. The van der Waals surface area contributed by atoms with Crippen molar-refractivity contribution in [1.82, 2.24) is 9.29 Å². The Hall–Kier alpha value is -1.22. The predicted octanol–water partition coefficient (Wildman–Crippen LogP) is 1.30. The number of rotatable bonds is 7. The maximum absolute atomic E-state index is 12.2. The molecule has 2 rings (SSSR count). The SMILES string of the molecule is CCOCCCNS(=O)(=O)c1ccc2c(c1)sc(=O)n2C. The van der Waals surface area contributed by atoms with E-state index >= 15 is 0 Å². The van der Waals surface area contributed by atoms with Crippen molar-refractivity contribution in [2.45, 2.75) is 18.2 Å². The number of hydrogen-bond donors (Lipinski definition) is 1. The number of nitrogens with one attached hydrogen (secondary N) is 1. The average Bonchev–Trinajstić information content (AvgIpc) is 2.73. The third-order valence-electron chi connectivity index (χ3n) is 3.04. The lowest BCUT2D eigenvalue weighted by atomic mass is 10.3. The Morgan fingerprint density at radius 3 is 2.86 bits per heavy atom. The van der Waals surface area contributed by atoms with Crippen LogP contribution in [0.4, 0.5) is 0 Å². The molecular formula is C13H18N2O4S2. The first-order chi connectivity index (χ1) is 9.95. The minimum Gasteiger partial charge on any atom is -0.382 e. The predicted molar refractivity (Wildman–Crippen MR) is 83.4 cm³/mol. The molecule has 0 saturated heterocycles. The van der Waals surface area contributed by atoms with Crippen molar-refractivity contribution < 1.29 is 13.2 Å². The third-order valence-corrected chi connectivity index (χ3v) is 5.49. The van der Waals surface area contributed by atoms with Gasteiger partial charge in [0.25, 0.3) is 0 Å². The van der Waals surface area contributed by atoms with Gasteiger partial charge in [-0.05, 0) is 31.5 Å². The maximum atomic E-state index is 12.2. The van der Waals surface area contributed by atoms with Crippen molar-refractivity contribution in [2.75, 3.05) is 19.8 Å². The quantitative estimate of drug-likeness (QED) is 0.777. The number of sulfonamides is 1. The van der Waals surface area contributed by atoms with Crippen molar-refractivity contribution in [3.05, 3.63) is 27.9 Å². The van der Waals surface area contributed by atoms with E-state index in [1.807, 2.05) is 6.92 Å². The van der Waals surface area contributed by atoms with Crippen molar-refractivity contribution in [1.29, 1.82) is 0 Å².